The van der Waals surface area contributed by atoms with Crippen LogP contribution in [-0.2, 0) is 10.1 Å². The van der Waals surface area contributed by atoms with Crippen LogP contribution in [0.15, 0.2) is 30.6 Å². The predicted octanol–water partition coefficient (Wildman–Crippen LogP) is -0.600. The first-order chi connectivity index (χ1) is 6.49. The fourth-order valence-electron chi connectivity index (χ4n) is 1.01. The fraction of sp³-hybridized carbons (Fsp3) is 0.375. The number of rotatable bonds is 4. The highest BCUT2D eigenvalue weighted by Gasteiger charge is 2.14. The Labute approximate surface area is 82.4 Å². The van der Waals surface area contributed by atoms with E-state index in [0.717, 1.165) is 0 Å². The second-order valence-corrected chi connectivity index (χ2v) is 4.38. The van der Waals surface area contributed by atoms with Gasteiger partial charge < -0.3 is 9.66 Å². The maximum atomic E-state index is 10.3. The molecule has 0 fully saturated rings. The Morgan fingerprint density at radius 3 is 2.36 bits per heavy atom. The standard InChI is InChI=1S/C8H11NO4S/c10-8(4-7-14(11,12)13)9-5-2-1-3-6-9/h1-3,5-6,8,10H,4,7H2. The quantitative estimate of drug-likeness (QED) is 0.539. The highest BCUT2D eigenvalue weighted by Crippen LogP contribution is 1.99. The van der Waals surface area contributed by atoms with Gasteiger partial charge in [0, 0.05) is 24.3 Å². The summed E-state index contributed by atoms with van der Waals surface area (Å²) >= 11 is 0. The van der Waals surface area contributed by atoms with Crippen LogP contribution in [0.2, 0.25) is 0 Å². The molecular formula is C8H11NO4S. The van der Waals surface area contributed by atoms with E-state index in [-0.39, 0.29) is 6.42 Å². The van der Waals surface area contributed by atoms with E-state index in [1.807, 2.05) is 0 Å². The number of hydrogen-bond donors (Lipinski definition) is 1. The molecular weight excluding hydrogens is 206 g/mol. The van der Waals surface area contributed by atoms with Gasteiger partial charge in [-0.25, -0.2) is 8.42 Å². The molecule has 78 valence electrons. The van der Waals surface area contributed by atoms with E-state index in [4.69, 9.17) is 0 Å². The number of aliphatic hydroxyl groups excluding tert-OH is 1. The molecule has 1 atom stereocenters. The SMILES string of the molecule is O=S(=O)([O-])CCC(O)[n+]1ccccc1. The summed E-state index contributed by atoms with van der Waals surface area (Å²) < 4.78 is 32.3. The Morgan fingerprint density at radius 2 is 1.86 bits per heavy atom. The largest absolute Gasteiger partial charge is 0.748 e. The van der Waals surface area contributed by atoms with Crippen LogP contribution in [0.3, 0.4) is 0 Å². The lowest BCUT2D eigenvalue weighted by atomic mass is 10.4. The molecule has 1 aromatic rings. The Morgan fingerprint density at radius 1 is 1.29 bits per heavy atom. The van der Waals surface area contributed by atoms with E-state index in [1.165, 1.54) is 4.57 Å². The van der Waals surface area contributed by atoms with Crippen LogP contribution >= 0.6 is 0 Å². The van der Waals surface area contributed by atoms with Crippen molar-refractivity contribution >= 4 is 10.1 Å². The molecule has 0 amide bonds. The highest BCUT2D eigenvalue weighted by molar-refractivity contribution is 7.85. The third kappa shape index (κ3) is 3.82. The molecule has 0 saturated carbocycles. The zero-order valence-corrected chi connectivity index (χ0v) is 8.22. The summed E-state index contributed by atoms with van der Waals surface area (Å²) in [7, 11) is -4.25. The second kappa shape index (κ2) is 4.50. The molecule has 0 aliphatic carbocycles. The predicted molar refractivity (Wildman–Crippen MR) is 47.1 cm³/mol. The maximum Gasteiger partial charge on any atom is 0.260 e. The minimum Gasteiger partial charge on any atom is -0.748 e. The van der Waals surface area contributed by atoms with Crippen molar-refractivity contribution in [2.24, 2.45) is 0 Å². The van der Waals surface area contributed by atoms with E-state index in [1.54, 1.807) is 30.6 Å². The van der Waals surface area contributed by atoms with Crippen LogP contribution < -0.4 is 4.57 Å². The van der Waals surface area contributed by atoms with E-state index < -0.39 is 22.1 Å². The molecule has 1 N–H and O–H groups in total. The van der Waals surface area contributed by atoms with Gasteiger partial charge in [0.2, 0.25) is 0 Å². The Bertz CT molecular complexity index is 376. The molecule has 14 heavy (non-hydrogen) atoms. The van der Waals surface area contributed by atoms with Crippen molar-refractivity contribution in [1.29, 1.82) is 0 Å². The Hall–Kier alpha value is -0.980. The molecule has 0 aliphatic rings. The normalized spacial score (nSPS) is 13.9. The van der Waals surface area contributed by atoms with E-state index in [0.29, 0.717) is 0 Å². The van der Waals surface area contributed by atoms with E-state index >= 15 is 0 Å². The van der Waals surface area contributed by atoms with Crippen molar-refractivity contribution in [3.8, 4) is 0 Å². The van der Waals surface area contributed by atoms with Gasteiger partial charge in [0.05, 0.1) is 10.1 Å². The third-order valence-electron chi connectivity index (χ3n) is 1.71. The van der Waals surface area contributed by atoms with Crippen molar-refractivity contribution in [2.45, 2.75) is 12.6 Å². The topological polar surface area (TPSA) is 81.3 Å². The van der Waals surface area contributed by atoms with E-state index in [9.17, 15) is 18.1 Å². The molecule has 0 aromatic carbocycles. The number of aromatic nitrogens is 1. The Balaban J connectivity index is 2.56. The first kappa shape index (κ1) is 11.1. The van der Waals surface area contributed by atoms with Crippen LogP contribution in [0.1, 0.15) is 12.6 Å². The van der Waals surface area contributed by atoms with Crippen LogP contribution in [0.25, 0.3) is 0 Å². The van der Waals surface area contributed by atoms with Gasteiger partial charge in [-0.2, -0.15) is 4.57 Å². The van der Waals surface area contributed by atoms with Gasteiger partial charge in [0.1, 0.15) is 0 Å². The summed E-state index contributed by atoms with van der Waals surface area (Å²) in [6.07, 6.45) is 2.13. The molecule has 5 nitrogen and oxygen atoms in total. The lowest BCUT2D eigenvalue weighted by Crippen LogP contribution is -2.39. The minimum atomic E-state index is -4.25. The van der Waals surface area contributed by atoms with Crippen molar-refractivity contribution in [3.63, 3.8) is 0 Å². The first-order valence-electron chi connectivity index (χ1n) is 4.06. The smallest absolute Gasteiger partial charge is 0.260 e. The molecule has 6 heteroatoms. The second-order valence-electron chi connectivity index (χ2n) is 2.85. The van der Waals surface area contributed by atoms with Gasteiger partial charge in [0.15, 0.2) is 12.4 Å². The summed E-state index contributed by atoms with van der Waals surface area (Å²) in [6.45, 7) is 0. The van der Waals surface area contributed by atoms with Gasteiger partial charge in [0.25, 0.3) is 6.23 Å². The van der Waals surface area contributed by atoms with Gasteiger partial charge in [-0.1, -0.05) is 6.07 Å². The van der Waals surface area contributed by atoms with Gasteiger partial charge in [-0.05, 0) is 0 Å². The van der Waals surface area contributed by atoms with Crippen molar-refractivity contribution < 1.29 is 22.6 Å². The van der Waals surface area contributed by atoms with Gasteiger partial charge >= 0.3 is 0 Å². The maximum absolute atomic E-state index is 10.3. The lowest BCUT2D eigenvalue weighted by molar-refractivity contribution is -0.759. The molecule has 1 heterocycles. The first-order valence-corrected chi connectivity index (χ1v) is 5.64. The molecule has 1 unspecified atom stereocenters. The van der Waals surface area contributed by atoms with Gasteiger partial charge in [-0.15, -0.1) is 0 Å². The molecule has 1 aromatic heterocycles. The third-order valence-corrected chi connectivity index (χ3v) is 2.44. The number of nitrogens with zero attached hydrogens (tertiary/aromatic N) is 1. The van der Waals surface area contributed by atoms with E-state index in [2.05, 4.69) is 0 Å². The molecule has 0 spiro atoms. The van der Waals surface area contributed by atoms with Gasteiger partial charge in [-0.3, -0.25) is 0 Å². The van der Waals surface area contributed by atoms with Crippen molar-refractivity contribution in [2.75, 3.05) is 5.75 Å². The van der Waals surface area contributed by atoms with Crippen LogP contribution in [-0.4, -0.2) is 23.8 Å². The van der Waals surface area contributed by atoms with Crippen LogP contribution in [0, 0.1) is 0 Å². The zero-order chi connectivity index (χ0) is 10.6. The molecule has 0 saturated heterocycles. The number of hydrogen-bond acceptors (Lipinski definition) is 4. The average Bonchev–Trinajstić information content (AvgIpc) is 2.14. The summed E-state index contributed by atoms with van der Waals surface area (Å²) in [6, 6.07) is 5.18. The fourth-order valence-corrected chi connectivity index (χ4v) is 1.51. The summed E-state index contributed by atoms with van der Waals surface area (Å²) in [4.78, 5) is 0. The molecule has 0 aliphatic heterocycles. The summed E-state index contributed by atoms with van der Waals surface area (Å²) in [5.74, 6) is -0.559. The Kier molecular flexibility index (Phi) is 3.56. The summed E-state index contributed by atoms with van der Waals surface area (Å²) in [5.41, 5.74) is 0. The summed E-state index contributed by atoms with van der Waals surface area (Å²) in [5, 5.41) is 9.44. The number of pyridine rings is 1. The monoisotopic (exact) mass is 217 g/mol. The molecule has 0 bridgehead atoms. The van der Waals surface area contributed by atoms with Crippen LogP contribution in [0.4, 0.5) is 0 Å². The lowest BCUT2D eigenvalue weighted by Gasteiger charge is -2.08. The van der Waals surface area contributed by atoms with Crippen LogP contribution in [0.5, 0.6) is 0 Å². The van der Waals surface area contributed by atoms with Crippen molar-refractivity contribution in [3.05, 3.63) is 30.6 Å². The minimum absolute atomic E-state index is 0.0967. The zero-order valence-electron chi connectivity index (χ0n) is 7.41. The molecule has 0 radical (unpaired) electrons. The van der Waals surface area contributed by atoms with Crippen molar-refractivity contribution in [1.82, 2.24) is 0 Å². The molecule has 1 rings (SSSR count). The highest BCUT2D eigenvalue weighted by atomic mass is 32.2. The number of aliphatic hydroxyl groups is 1. The average molecular weight is 217 g/mol.